The van der Waals surface area contributed by atoms with Crippen LogP contribution in [0.25, 0.3) is 20.2 Å². The molecule has 0 saturated heterocycles. The Bertz CT molecular complexity index is 596. The first kappa shape index (κ1) is 8.86. The first-order valence-electron chi connectivity index (χ1n) is 5.01. The van der Waals surface area contributed by atoms with Crippen LogP contribution in [0.3, 0.4) is 0 Å². The summed E-state index contributed by atoms with van der Waals surface area (Å²) in [5, 5.41) is 2.71. The van der Waals surface area contributed by atoms with Crippen molar-refractivity contribution in [2.75, 3.05) is 0 Å². The summed E-state index contributed by atoms with van der Waals surface area (Å²) >= 11 is 1.85. The van der Waals surface area contributed by atoms with Gasteiger partial charge >= 0.3 is 0 Å². The van der Waals surface area contributed by atoms with Gasteiger partial charge in [-0.1, -0.05) is 12.1 Å². The number of hydrogen-bond acceptors (Lipinski definition) is 2. The van der Waals surface area contributed by atoms with E-state index in [0.717, 1.165) is 5.69 Å². The van der Waals surface area contributed by atoms with Gasteiger partial charge in [-0.15, -0.1) is 11.3 Å². The van der Waals surface area contributed by atoms with E-state index in [-0.39, 0.29) is 0 Å². The summed E-state index contributed by atoms with van der Waals surface area (Å²) in [6.07, 6.45) is 1.89. The van der Waals surface area contributed by atoms with Crippen LogP contribution in [0.5, 0.6) is 0 Å². The van der Waals surface area contributed by atoms with Gasteiger partial charge in [0.25, 0.3) is 0 Å². The summed E-state index contributed by atoms with van der Waals surface area (Å²) in [6.45, 7) is 4.25. The average molecular weight is 213 g/mol. The second kappa shape index (κ2) is 3.04. The zero-order chi connectivity index (χ0) is 10.4. The van der Waals surface area contributed by atoms with Gasteiger partial charge in [0.05, 0.1) is 0 Å². The minimum atomic E-state index is 1.13. The lowest BCUT2D eigenvalue weighted by atomic mass is 10.1. The summed E-state index contributed by atoms with van der Waals surface area (Å²) in [5.74, 6) is 0. The van der Waals surface area contributed by atoms with Gasteiger partial charge in [-0.05, 0) is 31.5 Å². The van der Waals surface area contributed by atoms with Crippen LogP contribution >= 0.6 is 11.3 Å². The molecule has 15 heavy (non-hydrogen) atoms. The lowest BCUT2D eigenvalue weighted by Crippen LogP contribution is -1.80. The molecule has 0 bridgehead atoms. The molecule has 0 spiro atoms. The first-order chi connectivity index (χ1) is 7.27. The Kier molecular flexibility index (Phi) is 1.80. The molecule has 0 saturated carbocycles. The average Bonchev–Trinajstić information content (AvgIpc) is 2.58. The van der Waals surface area contributed by atoms with Crippen LogP contribution in [-0.4, -0.2) is 4.98 Å². The van der Waals surface area contributed by atoms with Gasteiger partial charge in [0, 0.05) is 32.1 Å². The van der Waals surface area contributed by atoms with Crippen molar-refractivity contribution in [3.8, 4) is 0 Å². The monoisotopic (exact) mass is 213 g/mol. The molecule has 74 valence electrons. The molecule has 3 rings (SSSR count). The lowest BCUT2D eigenvalue weighted by molar-refractivity contribution is 1.24. The highest BCUT2D eigenvalue weighted by molar-refractivity contribution is 7.25. The van der Waals surface area contributed by atoms with Gasteiger partial charge in [0.2, 0.25) is 0 Å². The second-order valence-electron chi connectivity index (χ2n) is 3.82. The van der Waals surface area contributed by atoms with Gasteiger partial charge in [-0.25, -0.2) is 0 Å². The Hall–Kier alpha value is -1.41. The third kappa shape index (κ3) is 1.18. The summed E-state index contributed by atoms with van der Waals surface area (Å²) in [7, 11) is 0. The Morgan fingerprint density at radius 3 is 2.67 bits per heavy atom. The quantitative estimate of drug-likeness (QED) is 0.548. The summed E-state index contributed by atoms with van der Waals surface area (Å²) in [6, 6.07) is 8.58. The van der Waals surface area contributed by atoms with Crippen molar-refractivity contribution >= 4 is 31.5 Å². The molecular weight excluding hydrogens is 202 g/mol. The summed E-state index contributed by atoms with van der Waals surface area (Å²) in [4.78, 5) is 4.38. The van der Waals surface area contributed by atoms with E-state index in [1.54, 1.807) is 0 Å². The fourth-order valence-corrected chi connectivity index (χ4v) is 3.33. The number of aromatic nitrogens is 1. The minimum Gasteiger partial charge on any atom is -0.261 e. The van der Waals surface area contributed by atoms with E-state index in [0.29, 0.717) is 0 Å². The molecule has 2 heterocycles. The molecule has 0 fully saturated rings. The maximum atomic E-state index is 4.38. The molecule has 0 aliphatic carbocycles. The fraction of sp³-hybridized carbons (Fsp3) is 0.154. The maximum Gasteiger partial charge on any atom is 0.0465 e. The van der Waals surface area contributed by atoms with E-state index < -0.39 is 0 Å². The van der Waals surface area contributed by atoms with Crippen molar-refractivity contribution < 1.29 is 0 Å². The number of nitrogens with zero attached hydrogens (tertiary/aromatic N) is 1. The van der Waals surface area contributed by atoms with E-state index in [2.05, 4.69) is 43.1 Å². The molecule has 1 nitrogen and oxygen atoms in total. The van der Waals surface area contributed by atoms with E-state index in [1.165, 1.54) is 25.7 Å². The highest BCUT2D eigenvalue weighted by atomic mass is 32.1. The molecule has 0 radical (unpaired) electrons. The number of thiophene rings is 1. The largest absolute Gasteiger partial charge is 0.261 e. The van der Waals surface area contributed by atoms with Gasteiger partial charge < -0.3 is 0 Å². The molecule has 0 aliphatic rings. The molecule has 0 unspecified atom stereocenters. The predicted molar refractivity (Wildman–Crippen MR) is 66.6 cm³/mol. The van der Waals surface area contributed by atoms with Crippen molar-refractivity contribution in [1.82, 2.24) is 4.98 Å². The van der Waals surface area contributed by atoms with Crippen LogP contribution in [0, 0.1) is 13.8 Å². The third-order valence-electron chi connectivity index (χ3n) is 2.81. The number of pyridine rings is 1. The van der Waals surface area contributed by atoms with Crippen molar-refractivity contribution in [2.24, 2.45) is 0 Å². The zero-order valence-corrected chi connectivity index (χ0v) is 9.56. The molecule has 0 amide bonds. The SMILES string of the molecule is Cc1cccc2sc3ccnc(C)c3c12. The van der Waals surface area contributed by atoms with Crippen molar-refractivity contribution in [3.63, 3.8) is 0 Å². The highest BCUT2D eigenvalue weighted by Crippen LogP contribution is 2.36. The topological polar surface area (TPSA) is 12.9 Å². The Morgan fingerprint density at radius 1 is 1.00 bits per heavy atom. The molecular formula is C13H11NS. The van der Waals surface area contributed by atoms with Gasteiger partial charge in [0.15, 0.2) is 0 Å². The Labute approximate surface area is 92.4 Å². The molecule has 0 atom stereocenters. The van der Waals surface area contributed by atoms with Gasteiger partial charge in [0.1, 0.15) is 0 Å². The molecule has 2 heteroatoms. The minimum absolute atomic E-state index is 1.13. The normalized spacial score (nSPS) is 11.3. The number of rotatable bonds is 0. The molecule has 0 aliphatic heterocycles. The van der Waals surface area contributed by atoms with Crippen LogP contribution in [-0.2, 0) is 0 Å². The molecule has 2 aromatic heterocycles. The highest BCUT2D eigenvalue weighted by Gasteiger charge is 2.08. The molecule has 3 aromatic rings. The predicted octanol–water partition coefficient (Wildman–Crippen LogP) is 4.07. The second-order valence-corrected chi connectivity index (χ2v) is 4.90. The first-order valence-corrected chi connectivity index (χ1v) is 5.82. The fourth-order valence-electron chi connectivity index (χ4n) is 2.10. The Morgan fingerprint density at radius 2 is 1.80 bits per heavy atom. The van der Waals surface area contributed by atoms with Crippen LogP contribution in [0.15, 0.2) is 30.5 Å². The van der Waals surface area contributed by atoms with E-state index >= 15 is 0 Å². The number of fused-ring (bicyclic) bond motifs is 3. The van der Waals surface area contributed by atoms with Gasteiger partial charge in [-0.3, -0.25) is 4.98 Å². The molecule has 1 aromatic carbocycles. The summed E-state index contributed by atoms with van der Waals surface area (Å²) in [5.41, 5.74) is 2.47. The summed E-state index contributed by atoms with van der Waals surface area (Å²) < 4.78 is 2.70. The van der Waals surface area contributed by atoms with E-state index in [4.69, 9.17) is 0 Å². The maximum absolute atomic E-state index is 4.38. The van der Waals surface area contributed by atoms with Crippen molar-refractivity contribution in [3.05, 3.63) is 41.7 Å². The van der Waals surface area contributed by atoms with Crippen LogP contribution < -0.4 is 0 Å². The lowest BCUT2D eigenvalue weighted by Gasteiger charge is -1.98. The van der Waals surface area contributed by atoms with Crippen LogP contribution in [0.4, 0.5) is 0 Å². The smallest absolute Gasteiger partial charge is 0.0465 e. The third-order valence-corrected chi connectivity index (χ3v) is 3.93. The number of aryl methyl sites for hydroxylation is 2. The standard InChI is InChI=1S/C13H11NS/c1-8-4-3-5-10-12(8)13-9(2)14-7-6-11(13)15-10/h3-7H,1-2H3. The van der Waals surface area contributed by atoms with E-state index in [1.807, 2.05) is 17.5 Å². The van der Waals surface area contributed by atoms with Gasteiger partial charge in [-0.2, -0.15) is 0 Å². The zero-order valence-electron chi connectivity index (χ0n) is 8.74. The molecule has 0 N–H and O–H groups in total. The Balaban J connectivity index is 2.67. The van der Waals surface area contributed by atoms with Crippen molar-refractivity contribution in [2.45, 2.75) is 13.8 Å². The van der Waals surface area contributed by atoms with Crippen molar-refractivity contribution in [1.29, 1.82) is 0 Å². The number of hydrogen-bond donors (Lipinski definition) is 0. The van der Waals surface area contributed by atoms with E-state index in [9.17, 15) is 0 Å². The van der Waals surface area contributed by atoms with Crippen LogP contribution in [0.1, 0.15) is 11.3 Å². The van der Waals surface area contributed by atoms with Crippen LogP contribution in [0.2, 0.25) is 0 Å². The number of benzene rings is 1.